The summed E-state index contributed by atoms with van der Waals surface area (Å²) in [5, 5.41) is 3.05. The average Bonchev–Trinajstić information content (AvgIpc) is 2.81. The van der Waals surface area contributed by atoms with Gasteiger partial charge in [-0.1, -0.05) is 29.8 Å². The highest BCUT2D eigenvalue weighted by molar-refractivity contribution is 7.89. The fourth-order valence-electron chi connectivity index (χ4n) is 3.12. The summed E-state index contributed by atoms with van der Waals surface area (Å²) >= 11 is 5.96. The Labute approximate surface area is 190 Å². The molecule has 10 heteroatoms. The van der Waals surface area contributed by atoms with Crippen LogP contribution in [0.15, 0.2) is 71.8 Å². The highest BCUT2D eigenvalue weighted by atomic mass is 35.5. The fourth-order valence-corrected chi connectivity index (χ4v) is 4.72. The number of nitrogens with zero attached hydrogens (tertiary/aromatic N) is 2. The Hall–Kier alpha value is -2.98. The first-order chi connectivity index (χ1) is 15.4. The number of ether oxygens (including phenoxy) is 2. The van der Waals surface area contributed by atoms with E-state index in [-0.39, 0.29) is 35.1 Å². The Morgan fingerprint density at radius 2 is 1.81 bits per heavy atom. The van der Waals surface area contributed by atoms with Crippen LogP contribution in [-0.2, 0) is 14.8 Å². The number of morpholine rings is 1. The zero-order valence-electron chi connectivity index (χ0n) is 16.9. The number of carbonyl (C=O) groups excluding carboxylic acids is 1. The summed E-state index contributed by atoms with van der Waals surface area (Å²) in [6, 6.07) is 16.3. The first-order valence-corrected chi connectivity index (χ1v) is 11.6. The second-order valence-electron chi connectivity index (χ2n) is 6.90. The molecule has 1 aromatic heterocycles. The Kier molecular flexibility index (Phi) is 6.71. The van der Waals surface area contributed by atoms with Crippen molar-refractivity contribution in [2.75, 3.05) is 31.6 Å². The fraction of sp³-hybridized carbons (Fsp3) is 0.182. The number of anilines is 1. The number of amides is 1. The van der Waals surface area contributed by atoms with Gasteiger partial charge in [-0.25, -0.2) is 8.42 Å². The van der Waals surface area contributed by atoms with Crippen LogP contribution in [0.25, 0.3) is 0 Å². The molecule has 0 aliphatic carbocycles. The van der Waals surface area contributed by atoms with Gasteiger partial charge in [-0.15, -0.1) is 0 Å². The number of halogens is 1. The number of carbonyl (C=O) groups is 1. The van der Waals surface area contributed by atoms with Crippen LogP contribution < -0.4 is 10.1 Å². The van der Waals surface area contributed by atoms with Gasteiger partial charge in [0.1, 0.15) is 11.4 Å². The second-order valence-corrected chi connectivity index (χ2v) is 9.28. The number of hydrogen-bond donors (Lipinski definition) is 1. The van der Waals surface area contributed by atoms with E-state index < -0.39 is 15.9 Å². The highest BCUT2D eigenvalue weighted by Crippen LogP contribution is 2.33. The van der Waals surface area contributed by atoms with Crippen LogP contribution in [0.5, 0.6) is 11.5 Å². The molecule has 1 aliphatic heterocycles. The van der Waals surface area contributed by atoms with Gasteiger partial charge in [0.05, 0.1) is 23.8 Å². The van der Waals surface area contributed by atoms with Crippen LogP contribution in [0.1, 0.15) is 10.5 Å². The molecule has 0 atom stereocenters. The van der Waals surface area contributed by atoms with E-state index in [2.05, 4.69) is 10.3 Å². The molecule has 8 nitrogen and oxygen atoms in total. The van der Waals surface area contributed by atoms with Crippen molar-refractivity contribution in [1.82, 2.24) is 9.29 Å². The molecule has 0 bridgehead atoms. The molecule has 4 rings (SSSR count). The largest absolute Gasteiger partial charge is 0.455 e. The predicted molar refractivity (Wildman–Crippen MR) is 120 cm³/mol. The summed E-state index contributed by atoms with van der Waals surface area (Å²) in [6.07, 6.45) is 1.41. The molecule has 32 heavy (non-hydrogen) atoms. The predicted octanol–water partition coefficient (Wildman–Crippen LogP) is 3.80. The van der Waals surface area contributed by atoms with E-state index in [4.69, 9.17) is 21.1 Å². The lowest BCUT2D eigenvalue weighted by atomic mass is 10.2. The van der Waals surface area contributed by atoms with Crippen LogP contribution in [-0.4, -0.2) is 49.9 Å². The quantitative estimate of drug-likeness (QED) is 0.584. The smallest absolute Gasteiger partial charge is 0.274 e. The van der Waals surface area contributed by atoms with Crippen molar-refractivity contribution in [3.63, 3.8) is 0 Å². The molecule has 166 valence electrons. The molecule has 3 aromatic rings. The number of hydrogen-bond acceptors (Lipinski definition) is 6. The van der Waals surface area contributed by atoms with E-state index in [1.807, 2.05) is 6.07 Å². The molecule has 0 unspecified atom stereocenters. The first-order valence-electron chi connectivity index (χ1n) is 9.81. The van der Waals surface area contributed by atoms with E-state index in [0.717, 1.165) is 0 Å². The van der Waals surface area contributed by atoms with E-state index in [1.165, 1.54) is 34.8 Å². The van der Waals surface area contributed by atoms with E-state index in [9.17, 15) is 13.2 Å². The first kappa shape index (κ1) is 22.2. The minimum Gasteiger partial charge on any atom is -0.455 e. The number of sulfonamides is 1. The molecule has 0 saturated carbocycles. The second kappa shape index (κ2) is 9.66. The molecule has 2 aromatic carbocycles. The minimum atomic E-state index is -3.77. The van der Waals surface area contributed by atoms with Crippen LogP contribution in [0.3, 0.4) is 0 Å². The van der Waals surface area contributed by atoms with Gasteiger partial charge in [0, 0.05) is 24.3 Å². The van der Waals surface area contributed by atoms with Gasteiger partial charge in [-0.3, -0.25) is 9.78 Å². The van der Waals surface area contributed by atoms with Gasteiger partial charge >= 0.3 is 0 Å². The Bertz CT molecular complexity index is 1220. The molecule has 1 fully saturated rings. The van der Waals surface area contributed by atoms with Gasteiger partial charge in [-0.2, -0.15) is 4.31 Å². The number of benzene rings is 2. The van der Waals surface area contributed by atoms with Crippen LogP contribution in [0.4, 0.5) is 5.69 Å². The SMILES string of the molecule is O=C(Nc1cc(S(=O)(=O)N2CCOCC2)ccc1Oc1ccccc1)c1cc(Cl)ccn1. The third-order valence-corrected chi connectivity index (χ3v) is 6.86. The number of pyridine rings is 1. The van der Waals surface area contributed by atoms with Gasteiger partial charge < -0.3 is 14.8 Å². The molecule has 0 radical (unpaired) electrons. The normalized spacial score (nSPS) is 14.7. The summed E-state index contributed by atoms with van der Waals surface area (Å²) in [5.41, 5.74) is 0.277. The lowest BCUT2D eigenvalue weighted by Crippen LogP contribution is -2.40. The molecule has 1 amide bonds. The van der Waals surface area contributed by atoms with Gasteiger partial charge in [0.2, 0.25) is 10.0 Å². The molecular formula is C22H20ClN3O5S. The molecule has 2 heterocycles. The van der Waals surface area contributed by atoms with Crippen molar-refractivity contribution < 1.29 is 22.7 Å². The zero-order chi connectivity index (χ0) is 22.6. The lowest BCUT2D eigenvalue weighted by Gasteiger charge is -2.26. The van der Waals surface area contributed by atoms with Crippen molar-refractivity contribution >= 4 is 33.2 Å². The van der Waals surface area contributed by atoms with Crippen molar-refractivity contribution in [2.24, 2.45) is 0 Å². The molecule has 1 aliphatic rings. The van der Waals surface area contributed by atoms with Crippen molar-refractivity contribution in [3.05, 3.63) is 77.6 Å². The number of para-hydroxylation sites is 1. The Morgan fingerprint density at radius 3 is 2.53 bits per heavy atom. The maximum atomic E-state index is 13.1. The monoisotopic (exact) mass is 473 g/mol. The molecule has 0 spiro atoms. The molecule has 1 N–H and O–H groups in total. The Morgan fingerprint density at radius 1 is 1.06 bits per heavy atom. The van der Waals surface area contributed by atoms with Crippen LogP contribution >= 0.6 is 11.6 Å². The van der Waals surface area contributed by atoms with Crippen LogP contribution in [0, 0.1) is 0 Å². The third kappa shape index (κ3) is 5.08. The van der Waals surface area contributed by atoms with Gasteiger partial charge in [-0.05, 0) is 42.5 Å². The van der Waals surface area contributed by atoms with E-state index in [0.29, 0.717) is 24.0 Å². The van der Waals surface area contributed by atoms with Crippen molar-refractivity contribution in [3.8, 4) is 11.5 Å². The summed E-state index contributed by atoms with van der Waals surface area (Å²) in [4.78, 5) is 16.8. The van der Waals surface area contributed by atoms with E-state index >= 15 is 0 Å². The zero-order valence-corrected chi connectivity index (χ0v) is 18.5. The number of nitrogens with one attached hydrogen (secondary N) is 1. The maximum absolute atomic E-state index is 13.1. The molecular weight excluding hydrogens is 454 g/mol. The summed E-state index contributed by atoms with van der Waals surface area (Å²) in [7, 11) is -3.77. The van der Waals surface area contributed by atoms with Gasteiger partial charge in [0.15, 0.2) is 5.75 Å². The average molecular weight is 474 g/mol. The number of aromatic nitrogens is 1. The maximum Gasteiger partial charge on any atom is 0.274 e. The standard InChI is InChI=1S/C22H20ClN3O5S/c23-16-8-9-24-20(14-16)22(27)25-19-15-18(32(28,29)26-10-12-30-13-11-26)6-7-21(19)31-17-4-2-1-3-5-17/h1-9,14-15H,10-13H2,(H,25,27). The van der Waals surface area contributed by atoms with Crippen molar-refractivity contribution in [1.29, 1.82) is 0 Å². The topological polar surface area (TPSA) is 97.8 Å². The lowest BCUT2D eigenvalue weighted by molar-refractivity contribution is 0.0730. The Balaban J connectivity index is 1.69. The summed E-state index contributed by atoms with van der Waals surface area (Å²) < 4.78 is 38.7. The van der Waals surface area contributed by atoms with Crippen LogP contribution in [0.2, 0.25) is 5.02 Å². The minimum absolute atomic E-state index is 0.0363. The summed E-state index contributed by atoms with van der Waals surface area (Å²) in [6.45, 7) is 1.19. The molecule has 1 saturated heterocycles. The van der Waals surface area contributed by atoms with E-state index in [1.54, 1.807) is 30.3 Å². The summed E-state index contributed by atoms with van der Waals surface area (Å²) in [5.74, 6) is 0.270. The third-order valence-electron chi connectivity index (χ3n) is 4.73. The highest BCUT2D eigenvalue weighted by Gasteiger charge is 2.27. The van der Waals surface area contributed by atoms with Gasteiger partial charge in [0.25, 0.3) is 5.91 Å². The number of rotatable bonds is 6. The van der Waals surface area contributed by atoms with Crippen molar-refractivity contribution in [2.45, 2.75) is 4.90 Å².